The minimum absolute atomic E-state index is 0.225. The van der Waals surface area contributed by atoms with Gasteiger partial charge in [0.05, 0.1) is 5.56 Å². The summed E-state index contributed by atoms with van der Waals surface area (Å²) in [5.41, 5.74) is 0.946. The number of carbonyl (C=O) groups is 2. The summed E-state index contributed by atoms with van der Waals surface area (Å²) >= 11 is 3.33. The summed E-state index contributed by atoms with van der Waals surface area (Å²) in [6, 6.07) is 20.1. The first kappa shape index (κ1) is 16.4. The second kappa shape index (κ2) is 6.97. The van der Waals surface area contributed by atoms with Crippen LogP contribution in [0.25, 0.3) is 10.8 Å². The zero-order chi connectivity index (χ0) is 17.1. The van der Waals surface area contributed by atoms with Gasteiger partial charge < -0.3 is 4.74 Å². The smallest absolute Gasteiger partial charge is 0.338 e. The molecule has 0 bridgehead atoms. The molecule has 120 valence electrons. The molecule has 0 spiro atoms. The maximum absolute atomic E-state index is 12.3. The van der Waals surface area contributed by atoms with Crippen LogP contribution in [-0.2, 0) is 4.74 Å². The highest BCUT2D eigenvalue weighted by Crippen LogP contribution is 2.18. The Kier molecular flexibility index (Phi) is 4.76. The molecule has 0 N–H and O–H groups in total. The average molecular weight is 383 g/mol. The molecule has 0 unspecified atom stereocenters. The van der Waals surface area contributed by atoms with Gasteiger partial charge in [0.2, 0.25) is 5.78 Å². The van der Waals surface area contributed by atoms with Crippen molar-refractivity contribution in [2.45, 2.75) is 13.0 Å². The Balaban J connectivity index is 1.75. The third kappa shape index (κ3) is 3.54. The minimum atomic E-state index is -0.842. The number of hydrogen-bond acceptors (Lipinski definition) is 3. The average Bonchev–Trinajstić information content (AvgIpc) is 2.61. The lowest BCUT2D eigenvalue weighted by Crippen LogP contribution is -2.24. The molecule has 3 rings (SSSR count). The van der Waals surface area contributed by atoms with Gasteiger partial charge in [0.25, 0.3) is 0 Å². The van der Waals surface area contributed by atoms with Crippen LogP contribution in [0.15, 0.2) is 71.2 Å². The number of Topliss-reactive ketones (excluding diaryl/α,β-unsaturated/α-hetero) is 1. The van der Waals surface area contributed by atoms with Crippen LogP contribution < -0.4 is 0 Å². The van der Waals surface area contributed by atoms with E-state index >= 15 is 0 Å². The van der Waals surface area contributed by atoms with Crippen molar-refractivity contribution in [1.82, 2.24) is 0 Å². The fourth-order valence-corrected chi connectivity index (χ4v) is 2.71. The van der Waals surface area contributed by atoms with Crippen LogP contribution >= 0.6 is 15.9 Å². The molecule has 4 heteroatoms. The van der Waals surface area contributed by atoms with Crippen molar-refractivity contribution in [2.24, 2.45) is 0 Å². The maximum Gasteiger partial charge on any atom is 0.338 e. The summed E-state index contributed by atoms with van der Waals surface area (Å²) < 4.78 is 6.22. The summed E-state index contributed by atoms with van der Waals surface area (Å²) in [7, 11) is 0. The topological polar surface area (TPSA) is 43.4 Å². The third-order valence-electron chi connectivity index (χ3n) is 3.77. The lowest BCUT2D eigenvalue weighted by molar-refractivity contribution is 0.0319. The molecule has 0 radical (unpaired) electrons. The predicted molar refractivity (Wildman–Crippen MR) is 97.3 cm³/mol. The van der Waals surface area contributed by atoms with E-state index in [1.807, 2.05) is 30.3 Å². The van der Waals surface area contributed by atoms with E-state index in [4.69, 9.17) is 4.74 Å². The number of halogens is 1. The molecule has 1 atom stereocenters. The summed E-state index contributed by atoms with van der Waals surface area (Å²) in [6.45, 7) is 1.59. The van der Waals surface area contributed by atoms with Crippen molar-refractivity contribution in [3.05, 3.63) is 82.3 Å². The zero-order valence-electron chi connectivity index (χ0n) is 13.0. The largest absolute Gasteiger partial charge is 0.451 e. The number of hydrogen-bond donors (Lipinski definition) is 0. The Bertz CT molecular complexity index is 900. The van der Waals surface area contributed by atoms with Crippen LogP contribution in [0.3, 0.4) is 0 Å². The third-order valence-corrected chi connectivity index (χ3v) is 4.30. The fourth-order valence-electron chi connectivity index (χ4n) is 2.45. The summed E-state index contributed by atoms with van der Waals surface area (Å²) in [5.74, 6) is -0.727. The van der Waals surface area contributed by atoms with Gasteiger partial charge in [-0.2, -0.15) is 0 Å². The predicted octanol–water partition coefficient (Wildman–Crippen LogP) is 5.03. The second-order valence-electron chi connectivity index (χ2n) is 5.48. The van der Waals surface area contributed by atoms with Crippen molar-refractivity contribution in [3.63, 3.8) is 0 Å². The Morgan fingerprint density at radius 2 is 1.50 bits per heavy atom. The first-order valence-corrected chi connectivity index (χ1v) is 8.33. The quantitative estimate of drug-likeness (QED) is 0.469. The van der Waals surface area contributed by atoms with Crippen LogP contribution in [0, 0.1) is 0 Å². The number of ketones is 1. The highest BCUT2D eigenvalue weighted by atomic mass is 79.9. The monoisotopic (exact) mass is 382 g/mol. The molecule has 3 nitrogen and oxygen atoms in total. The van der Waals surface area contributed by atoms with Crippen molar-refractivity contribution >= 4 is 38.5 Å². The van der Waals surface area contributed by atoms with Crippen LogP contribution in [0.5, 0.6) is 0 Å². The van der Waals surface area contributed by atoms with Crippen molar-refractivity contribution in [1.29, 1.82) is 0 Å². The normalized spacial score (nSPS) is 11.9. The number of fused-ring (bicyclic) bond motifs is 1. The van der Waals surface area contributed by atoms with E-state index in [9.17, 15) is 9.59 Å². The van der Waals surface area contributed by atoms with Gasteiger partial charge in [-0.15, -0.1) is 0 Å². The number of carbonyl (C=O) groups excluding carboxylic acids is 2. The maximum atomic E-state index is 12.3. The number of esters is 1. The fraction of sp³-hybridized carbons (Fsp3) is 0.100. The molecular weight excluding hydrogens is 368 g/mol. The second-order valence-corrected chi connectivity index (χ2v) is 6.40. The molecule has 0 fully saturated rings. The van der Waals surface area contributed by atoms with E-state index in [0.29, 0.717) is 11.1 Å². The Morgan fingerprint density at radius 3 is 2.21 bits per heavy atom. The lowest BCUT2D eigenvalue weighted by Gasteiger charge is -2.13. The first-order valence-electron chi connectivity index (χ1n) is 7.54. The molecule has 0 heterocycles. The van der Waals surface area contributed by atoms with E-state index in [1.165, 1.54) is 0 Å². The van der Waals surface area contributed by atoms with E-state index in [0.717, 1.165) is 15.2 Å². The van der Waals surface area contributed by atoms with E-state index in [-0.39, 0.29) is 5.78 Å². The van der Waals surface area contributed by atoms with E-state index < -0.39 is 12.1 Å². The van der Waals surface area contributed by atoms with Crippen molar-refractivity contribution < 1.29 is 14.3 Å². The van der Waals surface area contributed by atoms with Gasteiger partial charge >= 0.3 is 5.97 Å². The van der Waals surface area contributed by atoms with Gasteiger partial charge in [0.15, 0.2) is 6.10 Å². The highest BCUT2D eigenvalue weighted by Gasteiger charge is 2.20. The SMILES string of the molecule is C[C@@H](OC(=O)c1ccc2ccccc2c1)C(=O)c1ccc(Br)cc1. The summed E-state index contributed by atoms with van der Waals surface area (Å²) in [6.07, 6.45) is -0.842. The molecule has 0 saturated heterocycles. The van der Waals surface area contributed by atoms with Gasteiger partial charge in [-0.25, -0.2) is 4.79 Å². The molecule has 0 aliphatic heterocycles. The molecule has 0 aromatic heterocycles. The number of benzene rings is 3. The molecule has 3 aromatic rings. The van der Waals surface area contributed by atoms with Gasteiger partial charge in [-0.3, -0.25) is 4.79 Å². The molecule has 0 aliphatic carbocycles. The molecule has 0 saturated carbocycles. The Morgan fingerprint density at radius 1 is 0.875 bits per heavy atom. The zero-order valence-corrected chi connectivity index (χ0v) is 14.6. The highest BCUT2D eigenvalue weighted by molar-refractivity contribution is 9.10. The Hall–Kier alpha value is -2.46. The van der Waals surface area contributed by atoms with Gasteiger partial charge in [-0.05, 0) is 42.0 Å². The van der Waals surface area contributed by atoms with E-state index in [2.05, 4.69) is 15.9 Å². The van der Waals surface area contributed by atoms with Crippen LogP contribution in [0.4, 0.5) is 0 Å². The molecule has 0 amide bonds. The van der Waals surface area contributed by atoms with Crippen LogP contribution in [0.2, 0.25) is 0 Å². The van der Waals surface area contributed by atoms with Gasteiger partial charge in [0, 0.05) is 10.0 Å². The minimum Gasteiger partial charge on any atom is -0.451 e. The molecular formula is C20H15BrO3. The number of ether oxygens (including phenoxy) is 1. The van der Waals surface area contributed by atoms with E-state index in [1.54, 1.807) is 43.3 Å². The molecule has 24 heavy (non-hydrogen) atoms. The van der Waals surface area contributed by atoms with Gasteiger partial charge in [0.1, 0.15) is 0 Å². The van der Waals surface area contributed by atoms with Crippen molar-refractivity contribution in [3.8, 4) is 0 Å². The van der Waals surface area contributed by atoms with Crippen LogP contribution in [-0.4, -0.2) is 17.9 Å². The van der Waals surface area contributed by atoms with Crippen LogP contribution in [0.1, 0.15) is 27.6 Å². The molecule has 3 aromatic carbocycles. The van der Waals surface area contributed by atoms with Gasteiger partial charge in [-0.1, -0.05) is 58.4 Å². The number of rotatable bonds is 4. The first-order chi connectivity index (χ1) is 11.5. The Labute approximate surface area is 148 Å². The standard InChI is InChI=1S/C20H15BrO3/c1-13(19(22)15-8-10-18(21)11-9-15)24-20(23)17-7-6-14-4-2-3-5-16(14)12-17/h2-13H,1H3/t13-/m1/s1. The summed E-state index contributed by atoms with van der Waals surface area (Å²) in [4.78, 5) is 24.6. The summed E-state index contributed by atoms with van der Waals surface area (Å²) in [5, 5.41) is 2.01. The van der Waals surface area contributed by atoms with Crippen molar-refractivity contribution in [2.75, 3.05) is 0 Å². The lowest BCUT2D eigenvalue weighted by atomic mass is 10.1. The molecule has 0 aliphatic rings.